The van der Waals surface area contributed by atoms with Crippen LogP contribution in [-0.2, 0) is 11.3 Å². The molecule has 152 valence electrons. The molecular weight excluding hydrogens is 356 g/mol. The van der Waals surface area contributed by atoms with Gasteiger partial charge in [-0.1, -0.05) is 38.0 Å². The Morgan fingerprint density at radius 3 is 2.61 bits per heavy atom. The predicted octanol–water partition coefficient (Wildman–Crippen LogP) is 2.04. The quantitative estimate of drug-likeness (QED) is 0.668. The van der Waals surface area contributed by atoms with Crippen LogP contribution in [0.3, 0.4) is 0 Å². The van der Waals surface area contributed by atoms with Crippen LogP contribution < -0.4 is 10.9 Å². The Labute approximate surface area is 165 Å². The van der Waals surface area contributed by atoms with Crippen molar-refractivity contribution in [3.8, 4) is 0 Å². The van der Waals surface area contributed by atoms with Crippen molar-refractivity contribution in [2.45, 2.75) is 39.2 Å². The number of carbonyl (C=O) groups excluding carboxylic acids is 1. The minimum Gasteiger partial charge on any atom is -0.379 e. The van der Waals surface area contributed by atoms with Crippen LogP contribution in [0.15, 0.2) is 29.1 Å². The number of hydrogen-bond acceptors (Lipinski definition) is 5. The molecule has 2 heterocycles. The number of aryl methyl sites for hydroxylation is 1. The summed E-state index contributed by atoms with van der Waals surface area (Å²) in [4.78, 5) is 27.8. The lowest BCUT2D eigenvalue weighted by Crippen LogP contribution is -2.38. The minimum atomic E-state index is -0.220. The number of morpholine rings is 1. The summed E-state index contributed by atoms with van der Waals surface area (Å²) in [6.07, 6.45) is 3.85. The van der Waals surface area contributed by atoms with Crippen molar-refractivity contribution in [2.24, 2.45) is 0 Å². The van der Waals surface area contributed by atoms with E-state index in [1.807, 2.05) is 12.1 Å². The molecule has 0 spiro atoms. The van der Waals surface area contributed by atoms with E-state index in [-0.39, 0.29) is 11.5 Å². The highest BCUT2D eigenvalue weighted by molar-refractivity contribution is 6.04. The van der Waals surface area contributed by atoms with Crippen molar-refractivity contribution < 1.29 is 9.53 Å². The van der Waals surface area contributed by atoms with Crippen molar-refractivity contribution in [1.82, 2.24) is 20.0 Å². The van der Waals surface area contributed by atoms with Gasteiger partial charge in [-0.15, -0.1) is 0 Å². The normalized spacial score (nSPS) is 15.0. The van der Waals surface area contributed by atoms with Crippen LogP contribution in [0.2, 0.25) is 0 Å². The maximum atomic E-state index is 12.8. The van der Waals surface area contributed by atoms with E-state index in [4.69, 9.17) is 4.74 Å². The molecule has 1 N–H and O–H groups in total. The van der Waals surface area contributed by atoms with Crippen molar-refractivity contribution >= 4 is 16.7 Å². The number of amides is 1. The van der Waals surface area contributed by atoms with Crippen LogP contribution in [-0.4, -0.2) is 60.0 Å². The van der Waals surface area contributed by atoms with Gasteiger partial charge in [0.1, 0.15) is 0 Å². The Hall–Kier alpha value is -2.25. The van der Waals surface area contributed by atoms with E-state index in [9.17, 15) is 9.59 Å². The lowest BCUT2D eigenvalue weighted by atomic mass is 10.1. The Morgan fingerprint density at radius 1 is 1.11 bits per heavy atom. The van der Waals surface area contributed by atoms with Gasteiger partial charge in [-0.3, -0.25) is 14.5 Å². The molecule has 2 aromatic rings. The fourth-order valence-electron chi connectivity index (χ4n) is 3.48. The molecule has 0 bridgehead atoms. The minimum absolute atomic E-state index is 0.129. The number of hydrogen-bond donors (Lipinski definition) is 1. The zero-order chi connectivity index (χ0) is 19.8. The predicted molar refractivity (Wildman–Crippen MR) is 110 cm³/mol. The van der Waals surface area contributed by atoms with E-state index < -0.39 is 0 Å². The summed E-state index contributed by atoms with van der Waals surface area (Å²) in [5, 5.41) is 8.54. The van der Waals surface area contributed by atoms with E-state index >= 15 is 0 Å². The third-order valence-corrected chi connectivity index (χ3v) is 5.10. The van der Waals surface area contributed by atoms with Crippen molar-refractivity contribution in [3.63, 3.8) is 0 Å². The summed E-state index contributed by atoms with van der Waals surface area (Å²) in [5.74, 6) is -0.220. The molecule has 1 fully saturated rings. The first-order valence-electron chi connectivity index (χ1n) is 10.3. The summed E-state index contributed by atoms with van der Waals surface area (Å²) in [7, 11) is 0. The smallest absolute Gasteiger partial charge is 0.274 e. The summed E-state index contributed by atoms with van der Waals surface area (Å²) in [5.41, 5.74) is 0.202. The molecular formula is C21H30N4O3. The molecule has 1 aliphatic rings. The number of nitrogens with zero attached hydrogens (tertiary/aromatic N) is 3. The van der Waals surface area contributed by atoms with Gasteiger partial charge in [0.05, 0.1) is 18.6 Å². The lowest BCUT2D eigenvalue weighted by molar-refractivity contribution is 0.0374. The van der Waals surface area contributed by atoms with E-state index in [0.717, 1.165) is 58.5 Å². The van der Waals surface area contributed by atoms with Crippen molar-refractivity contribution in [3.05, 3.63) is 40.3 Å². The molecule has 0 aliphatic carbocycles. The highest BCUT2D eigenvalue weighted by Crippen LogP contribution is 2.13. The van der Waals surface area contributed by atoms with Crippen LogP contribution in [0, 0.1) is 0 Å². The highest BCUT2D eigenvalue weighted by atomic mass is 16.5. The van der Waals surface area contributed by atoms with Gasteiger partial charge >= 0.3 is 0 Å². The fourth-order valence-corrected chi connectivity index (χ4v) is 3.48. The molecule has 28 heavy (non-hydrogen) atoms. The number of aromatic nitrogens is 2. The number of ether oxygens (including phenoxy) is 1. The second-order valence-corrected chi connectivity index (χ2v) is 7.19. The third-order valence-electron chi connectivity index (χ3n) is 5.10. The molecule has 7 nitrogen and oxygen atoms in total. The number of rotatable bonds is 9. The van der Waals surface area contributed by atoms with Crippen LogP contribution in [0.4, 0.5) is 0 Å². The molecule has 1 aliphatic heterocycles. The molecule has 1 amide bonds. The van der Waals surface area contributed by atoms with E-state index in [2.05, 4.69) is 22.2 Å². The summed E-state index contributed by atoms with van der Waals surface area (Å²) in [6.45, 7) is 7.63. The monoisotopic (exact) mass is 386 g/mol. The Bertz CT molecular complexity index is 843. The molecule has 0 unspecified atom stereocenters. The molecule has 3 rings (SSSR count). The van der Waals surface area contributed by atoms with Gasteiger partial charge in [-0.25, -0.2) is 4.68 Å². The molecule has 0 atom stereocenters. The van der Waals surface area contributed by atoms with Crippen LogP contribution in [0.5, 0.6) is 0 Å². The van der Waals surface area contributed by atoms with Crippen LogP contribution in [0.1, 0.15) is 43.1 Å². The number of unbranched alkanes of at least 4 members (excludes halogenated alkanes) is 2. The number of nitrogens with one attached hydrogen (secondary N) is 1. The van der Waals surface area contributed by atoms with Crippen LogP contribution in [0.25, 0.3) is 10.8 Å². The average molecular weight is 386 g/mol. The van der Waals surface area contributed by atoms with Gasteiger partial charge in [0.15, 0.2) is 5.69 Å². The second-order valence-electron chi connectivity index (χ2n) is 7.19. The first-order valence-corrected chi connectivity index (χ1v) is 10.3. The van der Waals surface area contributed by atoms with Gasteiger partial charge < -0.3 is 10.1 Å². The van der Waals surface area contributed by atoms with Gasteiger partial charge in [-0.05, 0) is 25.5 Å². The maximum absolute atomic E-state index is 12.8. The van der Waals surface area contributed by atoms with Gasteiger partial charge in [-0.2, -0.15) is 5.10 Å². The van der Waals surface area contributed by atoms with Gasteiger partial charge in [0.25, 0.3) is 11.5 Å². The van der Waals surface area contributed by atoms with Gasteiger partial charge in [0, 0.05) is 31.6 Å². The number of carbonyl (C=O) groups is 1. The van der Waals surface area contributed by atoms with Gasteiger partial charge in [0.2, 0.25) is 0 Å². The first kappa shape index (κ1) is 20.5. The lowest BCUT2D eigenvalue weighted by Gasteiger charge is -2.26. The number of benzene rings is 1. The summed E-state index contributed by atoms with van der Waals surface area (Å²) < 4.78 is 6.80. The largest absolute Gasteiger partial charge is 0.379 e. The SMILES string of the molecule is CCCCCn1nc(C(=O)NCCCN2CCOCC2)c2ccccc2c1=O. The topological polar surface area (TPSA) is 76.5 Å². The molecule has 1 saturated heterocycles. The zero-order valence-corrected chi connectivity index (χ0v) is 16.7. The molecule has 1 aromatic heterocycles. The van der Waals surface area contributed by atoms with Crippen molar-refractivity contribution in [2.75, 3.05) is 39.4 Å². The maximum Gasteiger partial charge on any atom is 0.274 e. The first-order chi connectivity index (χ1) is 13.7. The summed E-state index contributed by atoms with van der Waals surface area (Å²) in [6, 6.07) is 7.22. The Morgan fingerprint density at radius 2 is 1.86 bits per heavy atom. The fraction of sp³-hybridized carbons (Fsp3) is 0.571. The highest BCUT2D eigenvalue weighted by Gasteiger charge is 2.16. The molecule has 0 radical (unpaired) electrons. The Kier molecular flexibility index (Phi) is 7.56. The Balaban J connectivity index is 1.68. The molecule has 1 aromatic carbocycles. The summed E-state index contributed by atoms with van der Waals surface area (Å²) >= 11 is 0. The zero-order valence-electron chi connectivity index (χ0n) is 16.7. The van der Waals surface area contributed by atoms with Crippen LogP contribution >= 0.6 is 0 Å². The van der Waals surface area contributed by atoms with E-state index in [0.29, 0.717) is 29.6 Å². The third kappa shape index (κ3) is 5.17. The number of fused-ring (bicyclic) bond motifs is 1. The molecule has 0 saturated carbocycles. The standard InChI is InChI=1S/C21H30N4O3/c1-2-3-6-12-25-21(27)18-9-5-4-8-17(18)19(23-25)20(26)22-10-7-11-24-13-15-28-16-14-24/h4-5,8-9H,2-3,6-7,10-16H2,1H3,(H,22,26). The second kappa shape index (κ2) is 10.3. The van der Waals surface area contributed by atoms with Crippen molar-refractivity contribution in [1.29, 1.82) is 0 Å². The van der Waals surface area contributed by atoms with E-state index in [1.165, 1.54) is 4.68 Å². The average Bonchev–Trinajstić information content (AvgIpc) is 2.73. The van der Waals surface area contributed by atoms with E-state index in [1.54, 1.807) is 12.1 Å². The molecule has 7 heteroatoms.